The van der Waals surface area contributed by atoms with Crippen LogP contribution in [0.15, 0.2) is 0 Å². The standard InChI is InChI=1S/C20H40N2/c1-3-5-10-19-14-20(17-22(16-19)13-6-4-2)21-15-18-11-8-7-9-12-18/h18-21H,3-17H2,1-2H3. The number of nitrogens with zero attached hydrogens (tertiary/aromatic N) is 1. The Morgan fingerprint density at radius 3 is 2.41 bits per heavy atom. The van der Waals surface area contributed by atoms with Gasteiger partial charge in [0.05, 0.1) is 0 Å². The lowest BCUT2D eigenvalue weighted by atomic mass is 9.87. The maximum absolute atomic E-state index is 3.96. The summed E-state index contributed by atoms with van der Waals surface area (Å²) in [4.78, 5) is 2.76. The summed E-state index contributed by atoms with van der Waals surface area (Å²) >= 11 is 0. The average Bonchev–Trinajstić information content (AvgIpc) is 2.57. The molecule has 1 saturated heterocycles. The van der Waals surface area contributed by atoms with Gasteiger partial charge in [0.2, 0.25) is 0 Å². The number of nitrogens with one attached hydrogen (secondary N) is 1. The van der Waals surface area contributed by atoms with Crippen LogP contribution >= 0.6 is 0 Å². The third kappa shape index (κ3) is 6.58. The average molecular weight is 309 g/mol. The summed E-state index contributed by atoms with van der Waals surface area (Å²) in [6.45, 7) is 9.91. The van der Waals surface area contributed by atoms with E-state index in [1.54, 1.807) is 0 Å². The molecule has 22 heavy (non-hydrogen) atoms. The highest BCUT2D eigenvalue weighted by atomic mass is 15.2. The van der Waals surface area contributed by atoms with Crippen LogP contribution in [0.2, 0.25) is 0 Å². The minimum Gasteiger partial charge on any atom is -0.312 e. The first-order valence-electron chi connectivity index (χ1n) is 10.3. The summed E-state index contributed by atoms with van der Waals surface area (Å²) in [5, 5.41) is 3.96. The van der Waals surface area contributed by atoms with Gasteiger partial charge in [-0.25, -0.2) is 0 Å². The molecule has 1 N–H and O–H groups in total. The van der Waals surface area contributed by atoms with Crippen molar-refractivity contribution in [2.24, 2.45) is 11.8 Å². The molecule has 0 bridgehead atoms. The minimum atomic E-state index is 0.759. The predicted molar refractivity (Wildman–Crippen MR) is 97.3 cm³/mol. The van der Waals surface area contributed by atoms with Crippen molar-refractivity contribution in [1.82, 2.24) is 10.2 Å². The van der Waals surface area contributed by atoms with E-state index in [4.69, 9.17) is 0 Å². The molecule has 0 aromatic carbocycles. The summed E-state index contributed by atoms with van der Waals surface area (Å²) in [5.74, 6) is 1.91. The molecule has 1 aliphatic heterocycles. The number of unbranched alkanes of at least 4 members (excludes halogenated alkanes) is 2. The first-order chi connectivity index (χ1) is 10.8. The zero-order valence-corrected chi connectivity index (χ0v) is 15.3. The van der Waals surface area contributed by atoms with Crippen molar-refractivity contribution in [1.29, 1.82) is 0 Å². The van der Waals surface area contributed by atoms with E-state index in [1.807, 2.05) is 0 Å². The monoisotopic (exact) mass is 308 g/mol. The molecule has 2 nitrogen and oxygen atoms in total. The van der Waals surface area contributed by atoms with Crippen molar-refractivity contribution in [3.8, 4) is 0 Å². The molecule has 0 amide bonds. The van der Waals surface area contributed by atoms with E-state index < -0.39 is 0 Å². The number of likely N-dealkylation sites (tertiary alicyclic amines) is 1. The molecule has 2 rings (SSSR count). The van der Waals surface area contributed by atoms with E-state index in [-0.39, 0.29) is 0 Å². The largest absolute Gasteiger partial charge is 0.312 e. The topological polar surface area (TPSA) is 15.3 Å². The molecule has 2 heteroatoms. The van der Waals surface area contributed by atoms with Gasteiger partial charge in [-0.3, -0.25) is 0 Å². The highest BCUT2D eigenvalue weighted by molar-refractivity contribution is 4.84. The van der Waals surface area contributed by atoms with Crippen molar-refractivity contribution >= 4 is 0 Å². The fourth-order valence-electron chi connectivity index (χ4n) is 4.44. The van der Waals surface area contributed by atoms with Crippen LogP contribution in [0, 0.1) is 11.8 Å². The van der Waals surface area contributed by atoms with Crippen LogP contribution in [0.5, 0.6) is 0 Å². The van der Waals surface area contributed by atoms with E-state index in [0.29, 0.717) is 0 Å². The Bertz CT molecular complexity index is 257. The lowest BCUT2D eigenvalue weighted by Crippen LogP contribution is -2.50. The van der Waals surface area contributed by atoms with Crippen molar-refractivity contribution in [3.63, 3.8) is 0 Å². The predicted octanol–water partition coefficient (Wildman–Crippen LogP) is 4.84. The number of hydrogen-bond donors (Lipinski definition) is 1. The first-order valence-corrected chi connectivity index (χ1v) is 10.3. The molecule has 2 atom stereocenters. The van der Waals surface area contributed by atoms with Gasteiger partial charge < -0.3 is 10.2 Å². The molecule has 2 aliphatic rings. The Hall–Kier alpha value is -0.0800. The normalized spacial score (nSPS) is 28.1. The first kappa shape index (κ1) is 18.3. The van der Waals surface area contributed by atoms with Gasteiger partial charge in [0.1, 0.15) is 0 Å². The van der Waals surface area contributed by atoms with Gasteiger partial charge in [0.15, 0.2) is 0 Å². The van der Waals surface area contributed by atoms with Gasteiger partial charge in [-0.1, -0.05) is 52.4 Å². The summed E-state index contributed by atoms with van der Waals surface area (Å²) in [7, 11) is 0. The molecule has 1 saturated carbocycles. The molecule has 1 heterocycles. The van der Waals surface area contributed by atoms with Gasteiger partial charge in [-0.05, 0) is 57.0 Å². The smallest absolute Gasteiger partial charge is 0.0198 e. The fraction of sp³-hybridized carbons (Fsp3) is 1.00. The molecule has 130 valence electrons. The van der Waals surface area contributed by atoms with Crippen LogP contribution in [0.25, 0.3) is 0 Å². The molecule has 0 radical (unpaired) electrons. The Balaban J connectivity index is 1.76. The van der Waals surface area contributed by atoms with Crippen molar-refractivity contribution in [2.45, 2.75) is 90.5 Å². The van der Waals surface area contributed by atoms with E-state index in [1.165, 1.54) is 96.8 Å². The van der Waals surface area contributed by atoms with Crippen LogP contribution in [0.3, 0.4) is 0 Å². The van der Waals surface area contributed by atoms with E-state index >= 15 is 0 Å². The Morgan fingerprint density at radius 1 is 0.909 bits per heavy atom. The molecular weight excluding hydrogens is 268 g/mol. The summed E-state index contributed by atoms with van der Waals surface area (Å²) < 4.78 is 0. The third-order valence-corrected chi connectivity index (χ3v) is 5.83. The molecule has 2 fully saturated rings. The maximum atomic E-state index is 3.96. The van der Waals surface area contributed by atoms with Crippen molar-refractivity contribution in [2.75, 3.05) is 26.2 Å². The Morgan fingerprint density at radius 2 is 1.68 bits per heavy atom. The van der Waals surface area contributed by atoms with Gasteiger partial charge in [0, 0.05) is 19.1 Å². The molecule has 1 aliphatic carbocycles. The quantitative estimate of drug-likeness (QED) is 0.656. The second kappa shape index (κ2) is 10.6. The third-order valence-electron chi connectivity index (χ3n) is 5.83. The number of rotatable bonds is 9. The van der Waals surface area contributed by atoms with Crippen LogP contribution in [-0.4, -0.2) is 37.1 Å². The van der Waals surface area contributed by atoms with Crippen LogP contribution in [-0.2, 0) is 0 Å². The van der Waals surface area contributed by atoms with Crippen molar-refractivity contribution in [3.05, 3.63) is 0 Å². The molecule has 2 unspecified atom stereocenters. The maximum Gasteiger partial charge on any atom is 0.0198 e. The lowest BCUT2D eigenvalue weighted by Gasteiger charge is -2.39. The number of piperidine rings is 1. The minimum absolute atomic E-state index is 0.759. The molecular formula is C20H40N2. The zero-order valence-electron chi connectivity index (χ0n) is 15.3. The molecule has 0 aromatic rings. The van der Waals surface area contributed by atoms with E-state index in [0.717, 1.165) is 17.9 Å². The summed E-state index contributed by atoms with van der Waals surface area (Å²) in [6.07, 6.45) is 15.7. The van der Waals surface area contributed by atoms with E-state index in [2.05, 4.69) is 24.1 Å². The molecule has 0 spiro atoms. The fourth-order valence-corrected chi connectivity index (χ4v) is 4.44. The van der Waals surface area contributed by atoms with Crippen LogP contribution in [0.4, 0.5) is 0 Å². The second-order valence-corrected chi connectivity index (χ2v) is 7.97. The van der Waals surface area contributed by atoms with Crippen molar-refractivity contribution < 1.29 is 0 Å². The van der Waals surface area contributed by atoms with E-state index in [9.17, 15) is 0 Å². The van der Waals surface area contributed by atoms with Gasteiger partial charge >= 0.3 is 0 Å². The SMILES string of the molecule is CCCCC1CC(NCC2CCCCC2)CN(CCCC)C1. The number of hydrogen-bond acceptors (Lipinski definition) is 2. The highest BCUT2D eigenvalue weighted by Crippen LogP contribution is 2.25. The van der Waals surface area contributed by atoms with Gasteiger partial charge in [-0.15, -0.1) is 0 Å². The van der Waals surface area contributed by atoms with Crippen LogP contribution < -0.4 is 5.32 Å². The molecule has 0 aromatic heterocycles. The summed E-state index contributed by atoms with van der Waals surface area (Å²) in [6, 6.07) is 0.759. The Kier molecular flexibility index (Phi) is 8.84. The summed E-state index contributed by atoms with van der Waals surface area (Å²) in [5.41, 5.74) is 0. The second-order valence-electron chi connectivity index (χ2n) is 7.97. The Labute approximate surface area is 139 Å². The highest BCUT2D eigenvalue weighted by Gasteiger charge is 2.27. The van der Waals surface area contributed by atoms with Gasteiger partial charge in [-0.2, -0.15) is 0 Å². The lowest BCUT2D eigenvalue weighted by molar-refractivity contribution is 0.129. The van der Waals surface area contributed by atoms with Gasteiger partial charge in [0.25, 0.3) is 0 Å². The van der Waals surface area contributed by atoms with Crippen LogP contribution in [0.1, 0.15) is 84.5 Å². The zero-order chi connectivity index (χ0) is 15.6.